The maximum Gasteiger partial charge on any atom is 0.255 e. The molecule has 0 spiro atoms. The van der Waals surface area contributed by atoms with Crippen LogP contribution in [0.4, 0.5) is 11.4 Å². The van der Waals surface area contributed by atoms with Crippen molar-refractivity contribution in [1.29, 1.82) is 0 Å². The lowest BCUT2D eigenvalue weighted by molar-refractivity contribution is 0.102. The standard InChI is InChI=1S/C15H16N4O/c1-10-4-2-3-5-13(10)14(20)18-11-6-8-12(9-7-11)19-15(16)17/h2-9H,1H3,(H,18,20)(H4,16,17,19). The molecule has 0 unspecified atom stereocenters. The first kappa shape index (κ1) is 13.6. The van der Waals surface area contributed by atoms with Crippen LogP contribution in [0, 0.1) is 6.92 Å². The predicted molar refractivity (Wildman–Crippen MR) is 81.0 cm³/mol. The van der Waals surface area contributed by atoms with E-state index in [0.29, 0.717) is 16.9 Å². The summed E-state index contributed by atoms with van der Waals surface area (Å²) in [6.45, 7) is 1.90. The molecule has 0 aliphatic rings. The van der Waals surface area contributed by atoms with Gasteiger partial charge < -0.3 is 16.8 Å². The molecule has 102 valence electrons. The maximum absolute atomic E-state index is 12.1. The van der Waals surface area contributed by atoms with E-state index in [1.807, 2.05) is 25.1 Å². The summed E-state index contributed by atoms with van der Waals surface area (Å²) >= 11 is 0. The molecule has 0 aliphatic heterocycles. The van der Waals surface area contributed by atoms with Gasteiger partial charge in [-0.2, -0.15) is 0 Å². The molecule has 5 nitrogen and oxygen atoms in total. The van der Waals surface area contributed by atoms with Crippen LogP contribution in [-0.2, 0) is 0 Å². The summed E-state index contributed by atoms with van der Waals surface area (Å²) in [7, 11) is 0. The van der Waals surface area contributed by atoms with E-state index in [-0.39, 0.29) is 11.9 Å². The molecule has 0 atom stereocenters. The lowest BCUT2D eigenvalue weighted by Crippen LogP contribution is -2.21. The molecule has 0 aromatic heterocycles. The molecule has 0 bridgehead atoms. The van der Waals surface area contributed by atoms with E-state index in [2.05, 4.69) is 10.3 Å². The second kappa shape index (κ2) is 5.88. The van der Waals surface area contributed by atoms with Crippen molar-refractivity contribution in [2.45, 2.75) is 6.92 Å². The van der Waals surface area contributed by atoms with Gasteiger partial charge in [-0.3, -0.25) is 4.79 Å². The number of anilines is 1. The molecule has 0 radical (unpaired) electrons. The number of aryl methyl sites for hydroxylation is 1. The molecule has 0 saturated carbocycles. The van der Waals surface area contributed by atoms with Crippen LogP contribution in [-0.4, -0.2) is 11.9 Å². The summed E-state index contributed by atoms with van der Waals surface area (Å²) in [4.78, 5) is 16.0. The lowest BCUT2D eigenvalue weighted by Gasteiger charge is -2.07. The van der Waals surface area contributed by atoms with Gasteiger partial charge in [0.25, 0.3) is 5.91 Å². The zero-order valence-corrected chi connectivity index (χ0v) is 11.1. The molecule has 0 heterocycles. The predicted octanol–water partition coefficient (Wildman–Crippen LogP) is 2.15. The Labute approximate surface area is 117 Å². The van der Waals surface area contributed by atoms with Crippen LogP contribution in [0.1, 0.15) is 15.9 Å². The number of benzene rings is 2. The largest absolute Gasteiger partial charge is 0.370 e. The Morgan fingerprint density at radius 2 is 1.70 bits per heavy atom. The van der Waals surface area contributed by atoms with Crippen LogP contribution in [0.3, 0.4) is 0 Å². The fourth-order valence-electron chi connectivity index (χ4n) is 1.79. The van der Waals surface area contributed by atoms with Crippen molar-refractivity contribution in [3.63, 3.8) is 0 Å². The zero-order chi connectivity index (χ0) is 14.5. The highest BCUT2D eigenvalue weighted by atomic mass is 16.1. The van der Waals surface area contributed by atoms with Crippen molar-refractivity contribution in [3.8, 4) is 0 Å². The van der Waals surface area contributed by atoms with Gasteiger partial charge in [0.1, 0.15) is 0 Å². The normalized spacial score (nSPS) is 9.85. The van der Waals surface area contributed by atoms with E-state index >= 15 is 0 Å². The SMILES string of the molecule is Cc1ccccc1C(=O)Nc1ccc(N=C(N)N)cc1. The lowest BCUT2D eigenvalue weighted by atomic mass is 10.1. The van der Waals surface area contributed by atoms with E-state index in [4.69, 9.17) is 11.5 Å². The van der Waals surface area contributed by atoms with Gasteiger partial charge in [-0.05, 0) is 42.8 Å². The minimum absolute atomic E-state index is 0.00157. The first-order valence-electron chi connectivity index (χ1n) is 6.13. The van der Waals surface area contributed by atoms with Gasteiger partial charge in [0.2, 0.25) is 0 Å². The van der Waals surface area contributed by atoms with E-state index in [1.54, 1.807) is 30.3 Å². The molecule has 0 fully saturated rings. The number of carbonyl (C=O) groups excluding carboxylic acids is 1. The van der Waals surface area contributed by atoms with Gasteiger partial charge in [0, 0.05) is 11.3 Å². The fraction of sp³-hybridized carbons (Fsp3) is 0.0667. The Kier molecular flexibility index (Phi) is 4.00. The third-order valence-corrected chi connectivity index (χ3v) is 2.77. The number of guanidine groups is 1. The molecule has 2 rings (SSSR count). The van der Waals surface area contributed by atoms with Crippen molar-refractivity contribution < 1.29 is 4.79 Å². The number of hydrogen-bond acceptors (Lipinski definition) is 2. The minimum Gasteiger partial charge on any atom is -0.370 e. The summed E-state index contributed by atoms with van der Waals surface area (Å²) in [5.74, 6) is -0.139. The van der Waals surface area contributed by atoms with Gasteiger partial charge in [-0.1, -0.05) is 18.2 Å². The van der Waals surface area contributed by atoms with Gasteiger partial charge >= 0.3 is 0 Å². The Morgan fingerprint density at radius 1 is 1.05 bits per heavy atom. The summed E-state index contributed by atoms with van der Waals surface area (Å²) in [6.07, 6.45) is 0. The number of nitrogens with one attached hydrogen (secondary N) is 1. The van der Waals surface area contributed by atoms with Crippen LogP contribution in [0.2, 0.25) is 0 Å². The number of hydrogen-bond donors (Lipinski definition) is 3. The molecule has 5 heteroatoms. The number of amides is 1. The molecule has 20 heavy (non-hydrogen) atoms. The van der Waals surface area contributed by atoms with E-state index in [9.17, 15) is 4.79 Å². The quantitative estimate of drug-likeness (QED) is 0.588. The van der Waals surface area contributed by atoms with Crippen molar-refractivity contribution in [2.24, 2.45) is 16.5 Å². The van der Waals surface area contributed by atoms with Gasteiger partial charge in [-0.25, -0.2) is 4.99 Å². The fourth-order valence-corrected chi connectivity index (χ4v) is 1.79. The van der Waals surface area contributed by atoms with Crippen molar-refractivity contribution in [1.82, 2.24) is 0 Å². The Hall–Kier alpha value is -2.82. The molecule has 0 saturated heterocycles. The van der Waals surface area contributed by atoms with Crippen molar-refractivity contribution >= 4 is 23.2 Å². The highest BCUT2D eigenvalue weighted by Gasteiger charge is 2.08. The Morgan fingerprint density at radius 3 is 2.30 bits per heavy atom. The van der Waals surface area contributed by atoms with Crippen molar-refractivity contribution in [2.75, 3.05) is 5.32 Å². The third-order valence-electron chi connectivity index (χ3n) is 2.77. The summed E-state index contributed by atoms with van der Waals surface area (Å²) in [5.41, 5.74) is 13.5. The third kappa shape index (κ3) is 3.35. The monoisotopic (exact) mass is 268 g/mol. The second-order valence-corrected chi connectivity index (χ2v) is 4.35. The smallest absolute Gasteiger partial charge is 0.255 e. The summed E-state index contributed by atoms with van der Waals surface area (Å²) in [5, 5.41) is 2.83. The number of rotatable bonds is 3. The highest BCUT2D eigenvalue weighted by Crippen LogP contribution is 2.17. The highest BCUT2D eigenvalue weighted by molar-refractivity contribution is 6.05. The molecule has 2 aromatic rings. The van der Waals surface area contributed by atoms with Crippen LogP contribution >= 0.6 is 0 Å². The van der Waals surface area contributed by atoms with E-state index < -0.39 is 0 Å². The van der Waals surface area contributed by atoms with E-state index in [1.165, 1.54) is 0 Å². The number of aliphatic imine (C=N–C) groups is 1. The summed E-state index contributed by atoms with van der Waals surface area (Å²) in [6, 6.07) is 14.4. The summed E-state index contributed by atoms with van der Waals surface area (Å²) < 4.78 is 0. The van der Waals surface area contributed by atoms with Crippen molar-refractivity contribution in [3.05, 3.63) is 59.7 Å². The first-order valence-corrected chi connectivity index (χ1v) is 6.13. The molecular formula is C15H16N4O. The molecular weight excluding hydrogens is 252 g/mol. The van der Waals surface area contributed by atoms with Crippen LogP contribution in [0.5, 0.6) is 0 Å². The number of nitrogens with zero attached hydrogens (tertiary/aromatic N) is 1. The topological polar surface area (TPSA) is 93.5 Å². The zero-order valence-electron chi connectivity index (χ0n) is 11.1. The molecule has 1 amide bonds. The van der Waals surface area contributed by atoms with Crippen LogP contribution in [0.15, 0.2) is 53.5 Å². The first-order chi connectivity index (χ1) is 9.56. The number of carbonyl (C=O) groups is 1. The Balaban J connectivity index is 2.13. The Bertz CT molecular complexity index is 643. The number of nitrogens with two attached hydrogens (primary N) is 2. The maximum atomic E-state index is 12.1. The average Bonchev–Trinajstić information content (AvgIpc) is 2.41. The van der Waals surface area contributed by atoms with Crippen LogP contribution in [0.25, 0.3) is 0 Å². The average molecular weight is 268 g/mol. The van der Waals surface area contributed by atoms with Gasteiger partial charge in [0.15, 0.2) is 5.96 Å². The minimum atomic E-state index is -0.141. The van der Waals surface area contributed by atoms with Gasteiger partial charge in [-0.15, -0.1) is 0 Å². The molecule has 0 aliphatic carbocycles. The van der Waals surface area contributed by atoms with Crippen LogP contribution < -0.4 is 16.8 Å². The second-order valence-electron chi connectivity index (χ2n) is 4.35. The molecule has 2 aromatic carbocycles. The van der Waals surface area contributed by atoms with Gasteiger partial charge in [0.05, 0.1) is 5.69 Å². The molecule has 5 N–H and O–H groups in total. The van der Waals surface area contributed by atoms with E-state index in [0.717, 1.165) is 5.56 Å².